The second kappa shape index (κ2) is 5.67. The first-order chi connectivity index (χ1) is 7.52. The molecule has 1 atom stereocenters. The van der Waals surface area contributed by atoms with Gasteiger partial charge in [0.05, 0.1) is 0 Å². The first kappa shape index (κ1) is 13.5. The minimum absolute atomic E-state index is 0.460. The average Bonchev–Trinajstić information content (AvgIpc) is 2.29. The minimum Gasteiger partial charge on any atom is -0.480 e. The average molecular weight is 227 g/mol. The molecule has 0 aromatic carbocycles. The lowest BCUT2D eigenvalue weighted by molar-refractivity contribution is -0.152. The van der Waals surface area contributed by atoms with Crippen molar-refractivity contribution >= 4 is 5.97 Å². The molecule has 1 unspecified atom stereocenters. The van der Waals surface area contributed by atoms with Crippen molar-refractivity contribution in [2.24, 2.45) is 0 Å². The van der Waals surface area contributed by atoms with Crippen LogP contribution in [-0.4, -0.2) is 34.6 Å². The standard InChI is InChI=1S/C13H25NO2/c1-4-10-13(2,12(15)16)14(3)11-8-6-5-7-9-11/h11H,4-10H2,1-3H3,(H,15,16). The van der Waals surface area contributed by atoms with E-state index < -0.39 is 11.5 Å². The Kier molecular flexibility index (Phi) is 4.78. The molecule has 0 radical (unpaired) electrons. The van der Waals surface area contributed by atoms with Crippen molar-refractivity contribution in [1.82, 2.24) is 4.90 Å². The molecule has 1 aliphatic carbocycles. The van der Waals surface area contributed by atoms with Crippen LogP contribution in [0.2, 0.25) is 0 Å². The normalized spacial score (nSPS) is 22.0. The Morgan fingerprint density at radius 2 is 1.94 bits per heavy atom. The van der Waals surface area contributed by atoms with Gasteiger partial charge in [-0.1, -0.05) is 32.6 Å². The summed E-state index contributed by atoms with van der Waals surface area (Å²) in [5.74, 6) is -0.678. The van der Waals surface area contributed by atoms with Crippen molar-refractivity contribution in [2.45, 2.75) is 70.4 Å². The van der Waals surface area contributed by atoms with Crippen LogP contribution in [0.5, 0.6) is 0 Å². The molecule has 0 aromatic rings. The summed E-state index contributed by atoms with van der Waals surface area (Å²) in [6, 6.07) is 0.460. The lowest BCUT2D eigenvalue weighted by Crippen LogP contribution is -2.55. The summed E-state index contributed by atoms with van der Waals surface area (Å²) in [4.78, 5) is 13.6. The number of hydrogen-bond donors (Lipinski definition) is 1. The van der Waals surface area contributed by atoms with E-state index in [1.54, 1.807) is 0 Å². The van der Waals surface area contributed by atoms with Crippen LogP contribution >= 0.6 is 0 Å². The highest BCUT2D eigenvalue weighted by Crippen LogP contribution is 2.29. The SMILES string of the molecule is CCCC(C)(C(=O)O)N(C)C1CCCCC1. The Hall–Kier alpha value is -0.570. The lowest BCUT2D eigenvalue weighted by atomic mass is 9.87. The van der Waals surface area contributed by atoms with E-state index in [1.165, 1.54) is 19.3 Å². The first-order valence-electron chi connectivity index (χ1n) is 6.48. The zero-order valence-corrected chi connectivity index (χ0v) is 10.8. The molecule has 0 aromatic heterocycles. The molecule has 1 aliphatic rings. The van der Waals surface area contributed by atoms with Gasteiger partial charge in [-0.2, -0.15) is 0 Å². The monoisotopic (exact) mass is 227 g/mol. The molecule has 0 spiro atoms. The molecule has 1 rings (SSSR count). The summed E-state index contributed by atoms with van der Waals surface area (Å²) in [6.07, 6.45) is 7.76. The molecule has 0 aliphatic heterocycles. The summed E-state index contributed by atoms with van der Waals surface area (Å²) < 4.78 is 0. The second-order valence-electron chi connectivity index (χ2n) is 5.23. The van der Waals surface area contributed by atoms with Crippen LogP contribution in [0, 0.1) is 0 Å². The molecule has 0 heterocycles. The highest BCUT2D eigenvalue weighted by Gasteiger charge is 2.39. The van der Waals surface area contributed by atoms with E-state index in [9.17, 15) is 9.90 Å². The zero-order chi connectivity index (χ0) is 12.2. The maximum atomic E-state index is 11.5. The van der Waals surface area contributed by atoms with Gasteiger partial charge in [0.1, 0.15) is 5.54 Å². The fraction of sp³-hybridized carbons (Fsp3) is 0.923. The Bertz CT molecular complexity index is 236. The molecular formula is C13H25NO2. The van der Waals surface area contributed by atoms with Gasteiger partial charge in [-0.25, -0.2) is 0 Å². The predicted molar refractivity (Wildman–Crippen MR) is 65.6 cm³/mol. The predicted octanol–water partition coefficient (Wildman–Crippen LogP) is 2.89. The van der Waals surface area contributed by atoms with Crippen molar-refractivity contribution in [3.8, 4) is 0 Å². The lowest BCUT2D eigenvalue weighted by Gasteiger charge is -2.42. The number of carboxylic acids is 1. The van der Waals surface area contributed by atoms with Gasteiger partial charge in [0.2, 0.25) is 0 Å². The van der Waals surface area contributed by atoms with Crippen molar-refractivity contribution < 1.29 is 9.90 Å². The Balaban J connectivity index is 2.72. The van der Waals surface area contributed by atoms with E-state index >= 15 is 0 Å². The summed E-state index contributed by atoms with van der Waals surface area (Å²) in [5.41, 5.74) is -0.684. The number of nitrogens with zero attached hydrogens (tertiary/aromatic N) is 1. The van der Waals surface area contributed by atoms with Crippen molar-refractivity contribution in [2.75, 3.05) is 7.05 Å². The fourth-order valence-electron chi connectivity index (χ4n) is 2.79. The number of carbonyl (C=O) groups is 1. The summed E-state index contributed by atoms with van der Waals surface area (Å²) >= 11 is 0. The molecular weight excluding hydrogens is 202 g/mol. The highest BCUT2D eigenvalue weighted by atomic mass is 16.4. The minimum atomic E-state index is -0.684. The Morgan fingerprint density at radius 1 is 1.38 bits per heavy atom. The van der Waals surface area contributed by atoms with Gasteiger partial charge in [0.15, 0.2) is 0 Å². The van der Waals surface area contributed by atoms with Crippen molar-refractivity contribution in [3.63, 3.8) is 0 Å². The van der Waals surface area contributed by atoms with Crippen LogP contribution in [0.15, 0.2) is 0 Å². The van der Waals surface area contributed by atoms with Crippen LogP contribution in [0.4, 0.5) is 0 Å². The summed E-state index contributed by atoms with van der Waals surface area (Å²) in [5, 5.41) is 9.42. The van der Waals surface area contributed by atoms with Gasteiger partial charge in [-0.15, -0.1) is 0 Å². The molecule has 94 valence electrons. The third kappa shape index (κ3) is 2.76. The van der Waals surface area contributed by atoms with E-state index in [-0.39, 0.29) is 0 Å². The summed E-state index contributed by atoms with van der Waals surface area (Å²) in [6.45, 7) is 3.92. The third-order valence-electron chi connectivity index (χ3n) is 4.10. The van der Waals surface area contributed by atoms with E-state index in [0.29, 0.717) is 6.04 Å². The van der Waals surface area contributed by atoms with E-state index in [2.05, 4.69) is 11.8 Å². The van der Waals surface area contributed by atoms with Gasteiger partial charge in [-0.05, 0) is 33.2 Å². The van der Waals surface area contributed by atoms with Crippen molar-refractivity contribution in [1.29, 1.82) is 0 Å². The van der Waals surface area contributed by atoms with Gasteiger partial charge in [0, 0.05) is 6.04 Å². The first-order valence-corrected chi connectivity index (χ1v) is 6.48. The number of hydrogen-bond acceptors (Lipinski definition) is 2. The second-order valence-corrected chi connectivity index (χ2v) is 5.23. The van der Waals surface area contributed by atoms with Gasteiger partial charge in [0.25, 0.3) is 0 Å². The molecule has 1 fully saturated rings. The van der Waals surface area contributed by atoms with Gasteiger partial charge >= 0.3 is 5.97 Å². The Morgan fingerprint density at radius 3 is 2.38 bits per heavy atom. The largest absolute Gasteiger partial charge is 0.480 e. The molecule has 1 saturated carbocycles. The van der Waals surface area contributed by atoms with Crippen LogP contribution in [-0.2, 0) is 4.79 Å². The third-order valence-corrected chi connectivity index (χ3v) is 4.10. The van der Waals surface area contributed by atoms with Gasteiger partial charge in [-0.3, -0.25) is 9.69 Å². The fourth-order valence-corrected chi connectivity index (χ4v) is 2.79. The molecule has 16 heavy (non-hydrogen) atoms. The Labute approximate surface area is 98.8 Å². The quantitative estimate of drug-likeness (QED) is 0.785. The topological polar surface area (TPSA) is 40.5 Å². The van der Waals surface area contributed by atoms with Crippen LogP contribution in [0.1, 0.15) is 58.8 Å². The smallest absolute Gasteiger partial charge is 0.323 e. The number of likely N-dealkylation sites (N-methyl/N-ethyl adjacent to an activating group) is 1. The van der Waals surface area contributed by atoms with Crippen LogP contribution < -0.4 is 0 Å². The summed E-state index contributed by atoms with van der Waals surface area (Å²) in [7, 11) is 1.99. The van der Waals surface area contributed by atoms with E-state index in [1.807, 2.05) is 14.0 Å². The highest BCUT2D eigenvalue weighted by molar-refractivity contribution is 5.78. The van der Waals surface area contributed by atoms with Crippen LogP contribution in [0.25, 0.3) is 0 Å². The molecule has 3 nitrogen and oxygen atoms in total. The zero-order valence-electron chi connectivity index (χ0n) is 10.8. The van der Waals surface area contributed by atoms with Gasteiger partial charge < -0.3 is 5.11 Å². The maximum Gasteiger partial charge on any atom is 0.323 e. The maximum absolute atomic E-state index is 11.5. The van der Waals surface area contributed by atoms with Crippen molar-refractivity contribution in [3.05, 3.63) is 0 Å². The number of carboxylic acid groups (broad SMARTS) is 1. The molecule has 3 heteroatoms. The van der Waals surface area contributed by atoms with E-state index in [0.717, 1.165) is 25.7 Å². The number of aliphatic carboxylic acids is 1. The molecule has 0 saturated heterocycles. The molecule has 0 bridgehead atoms. The van der Waals surface area contributed by atoms with E-state index in [4.69, 9.17) is 0 Å². The van der Waals surface area contributed by atoms with Crippen LogP contribution in [0.3, 0.4) is 0 Å². The molecule has 1 N–H and O–H groups in total. The number of rotatable bonds is 5. The molecule has 0 amide bonds.